The third-order valence-electron chi connectivity index (χ3n) is 3.29. The average Bonchev–Trinajstić information content (AvgIpc) is 2.53. The molecule has 118 valence electrons. The molecule has 0 aliphatic heterocycles. The Morgan fingerprint density at radius 1 is 1.26 bits per heavy atom. The minimum absolute atomic E-state index is 0.0341. The van der Waals surface area contributed by atoms with Crippen LogP contribution in [0.5, 0.6) is 5.75 Å². The van der Waals surface area contributed by atoms with Crippen LogP contribution in [0.15, 0.2) is 46.9 Å². The SMILES string of the molecule is COc1ccc(C(=O)/C=C/c2ccc(C)c([N+](=O)[O-])c2)cc1Br. The quantitative estimate of drug-likeness (QED) is 0.332. The fraction of sp³-hybridized carbons (Fsp3) is 0.118. The zero-order valence-electron chi connectivity index (χ0n) is 12.6. The van der Waals surface area contributed by atoms with Gasteiger partial charge in [-0.15, -0.1) is 0 Å². The summed E-state index contributed by atoms with van der Waals surface area (Å²) in [6.07, 6.45) is 2.95. The van der Waals surface area contributed by atoms with Crippen molar-refractivity contribution in [3.63, 3.8) is 0 Å². The molecule has 0 aliphatic rings. The maximum absolute atomic E-state index is 12.2. The molecular weight excluding hydrogens is 362 g/mol. The smallest absolute Gasteiger partial charge is 0.272 e. The van der Waals surface area contributed by atoms with Crippen LogP contribution in [-0.4, -0.2) is 17.8 Å². The van der Waals surface area contributed by atoms with Gasteiger partial charge in [0.15, 0.2) is 5.78 Å². The number of nitro groups is 1. The summed E-state index contributed by atoms with van der Waals surface area (Å²) in [5.74, 6) is 0.441. The first-order valence-electron chi connectivity index (χ1n) is 6.73. The van der Waals surface area contributed by atoms with Gasteiger partial charge in [-0.3, -0.25) is 14.9 Å². The highest BCUT2D eigenvalue weighted by Crippen LogP contribution is 2.26. The van der Waals surface area contributed by atoms with Crippen LogP contribution >= 0.6 is 15.9 Å². The number of halogens is 1. The van der Waals surface area contributed by atoms with Gasteiger partial charge in [0.05, 0.1) is 16.5 Å². The number of hydrogen-bond donors (Lipinski definition) is 0. The molecule has 0 amide bonds. The van der Waals surface area contributed by atoms with E-state index in [0.29, 0.717) is 26.9 Å². The van der Waals surface area contributed by atoms with Crippen molar-refractivity contribution in [2.75, 3.05) is 7.11 Å². The van der Waals surface area contributed by atoms with Crippen LogP contribution < -0.4 is 4.74 Å². The van der Waals surface area contributed by atoms with E-state index in [-0.39, 0.29) is 11.5 Å². The molecule has 0 saturated carbocycles. The molecule has 0 aliphatic carbocycles. The van der Waals surface area contributed by atoms with E-state index in [0.717, 1.165) is 0 Å². The van der Waals surface area contributed by atoms with E-state index in [1.165, 1.54) is 12.1 Å². The van der Waals surface area contributed by atoms with Crippen LogP contribution in [0.25, 0.3) is 6.08 Å². The van der Waals surface area contributed by atoms with Crippen LogP contribution in [0.3, 0.4) is 0 Å². The Labute approximate surface area is 141 Å². The lowest BCUT2D eigenvalue weighted by Gasteiger charge is -2.04. The molecule has 0 aromatic heterocycles. The Morgan fingerprint density at radius 2 is 2.00 bits per heavy atom. The molecule has 2 aromatic rings. The van der Waals surface area contributed by atoms with Gasteiger partial charge in [-0.05, 0) is 52.7 Å². The molecule has 0 radical (unpaired) electrons. The highest BCUT2D eigenvalue weighted by atomic mass is 79.9. The lowest BCUT2D eigenvalue weighted by Crippen LogP contribution is -1.95. The number of benzene rings is 2. The Kier molecular flexibility index (Phi) is 5.28. The van der Waals surface area contributed by atoms with Gasteiger partial charge in [0, 0.05) is 17.2 Å². The Hall–Kier alpha value is -2.47. The van der Waals surface area contributed by atoms with E-state index in [1.807, 2.05) is 0 Å². The second-order valence-corrected chi connectivity index (χ2v) is 5.70. The molecule has 0 spiro atoms. The fourth-order valence-corrected chi connectivity index (χ4v) is 2.56. The molecule has 5 nitrogen and oxygen atoms in total. The second kappa shape index (κ2) is 7.19. The summed E-state index contributed by atoms with van der Waals surface area (Å²) in [6.45, 7) is 1.67. The van der Waals surface area contributed by atoms with Crippen LogP contribution in [0.1, 0.15) is 21.5 Å². The fourth-order valence-electron chi connectivity index (χ4n) is 2.01. The summed E-state index contributed by atoms with van der Waals surface area (Å²) >= 11 is 3.33. The van der Waals surface area contributed by atoms with Gasteiger partial charge in [0.25, 0.3) is 5.69 Å². The number of carbonyl (C=O) groups excluding carboxylic acids is 1. The van der Waals surface area contributed by atoms with Gasteiger partial charge in [0.2, 0.25) is 0 Å². The molecule has 0 saturated heterocycles. The van der Waals surface area contributed by atoms with Gasteiger partial charge in [-0.25, -0.2) is 0 Å². The highest BCUT2D eigenvalue weighted by molar-refractivity contribution is 9.10. The predicted molar refractivity (Wildman–Crippen MR) is 91.9 cm³/mol. The largest absolute Gasteiger partial charge is 0.496 e. The molecule has 2 rings (SSSR count). The molecule has 0 N–H and O–H groups in total. The minimum Gasteiger partial charge on any atom is -0.496 e. The first-order chi connectivity index (χ1) is 10.9. The molecule has 0 unspecified atom stereocenters. The summed E-state index contributed by atoms with van der Waals surface area (Å²) in [6, 6.07) is 9.87. The van der Waals surface area contributed by atoms with Crippen LogP contribution in [0.4, 0.5) is 5.69 Å². The number of hydrogen-bond acceptors (Lipinski definition) is 4. The van der Waals surface area contributed by atoms with Crippen molar-refractivity contribution >= 4 is 33.5 Å². The maximum Gasteiger partial charge on any atom is 0.272 e. The van der Waals surface area contributed by atoms with E-state index >= 15 is 0 Å². The minimum atomic E-state index is -0.435. The third-order valence-corrected chi connectivity index (χ3v) is 3.91. The van der Waals surface area contributed by atoms with E-state index in [2.05, 4.69) is 15.9 Å². The van der Waals surface area contributed by atoms with Gasteiger partial charge in [0.1, 0.15) is 5.75 Å². The van der Waals surface area contributed by atoms with Crippen LogP contribution in [-0.2, 0) is 0 Å². The number of ether oxygens (including phenoxy) is 1. The lowest BCUT2D eigenvalue weighted by molar-refractivity contribution is -0.385. The second-order valence-electron chi connectivity index (χ2n) is 4.85. The number of allylic oxidation sites excluding steroid dienone is 1. The first kappa shape index (κ1) is 16.9. The Balaban J connectivity index is 2.23. The summed E-state index contributed by atoms with van der Waals surface area (Å²) in [7, 11) is 1.55. The zero-order chi connectivity index (χ0) is 17.0. The monoisotopic (exact) mass is 375 g/mol. The van der Waals surface area contributed by atoms with Gasteiger partial charge in [-0.2, -0.15) is 0 Å². The highest BCUT2D eigenvalue weighted by Gasteiger charge is 2.10. The van der Waals surface area contributed by atoms with Crippen molar-refractivity contribution in [3.8, 4) is 5.75 Å². The zero-order valence-corrected chi connectivity index (χ0v) is 14.2. The number of aryl methyl sites for hydroxylation is 1. The number of ketones is 1. The Bertz CT molecular complexity index is 799. The molecule has 0 heterocycles. The van der Waals surface area contributed by atoms with E-state index in [1.54, 1.807) is 50.4 Å². The molecule has 0 atom stereocenters. The molecule has 6 heteroatoms. The van der Waals surface area contributed by atoms with Crippen molar-refractivity contribution in [1.82, 2.24) is 0 Å². The van der Waals surface area contributed by atoms with Crippen LogP contribution in [0.2, 0.25) is 0 Å². The van der Waals surface area contributed by atoms with Crippen molar-refractivity contribution in [2.24, 2.45) is 0 Å². The van der Waals surface area contributed by atoms with Crippen LogP contribution in [0, 0.1) is 17.0 Å². The topological polar surface area (TPSA) is 69.4 Å². The number of rotatable bonds is 5. The van der Waals surface area contributed by atoms with E-state index in [4.69, 9.17) is 4.74 Å². The third kappa shape index (κ3) is 4.04. The average molecular weight is 376 g/mol. The number of nitrogens with zero attached hydrogens (tertiary/aromatic N) is 1. The van der Waals surface area contributed by atoms with Gasteiger partial charge < -0.3 is 4.74 Å². The van der Waals surface area contributed by atoms with Crippen molar-refractivity contribution in [3.05, 3.63) is 73.8 Å². The molecule has 23 heavy (non-hydrogen) atoms. The number of carbonyl (C=O) groups is 1. The van der Waals surface area contributed by atoms with Gasteiger partial charge in [-0.1, -0.05) is 18.2 Å². The lowest BCUT2D eigenvalue weighted by atomic mass is 10.1. The van der Waals surface area contributed by atoms with Crippen molar-refractivity contribution in [1.29, 1.82) is 0 Å². The Morgan fingerprint density at radius 3 is 2.61 bits per heavy atom. The van der Waals surface area contributed by atoms with Gasteiger partial charge >= 0.3 is 0 Å². The molecular formula is C17H14BrNO4. The van der Waals surface area contributed by atoms with Crippen molar-refractivity contribution < 1.29 is 14.5 Å². The molecule has 2 aromatic carbocycles. The molecule has 0 fully saturated rings. The summed E-state index contributed by atoms with van der Waals surface area (Å²) in [4.78, 5) is 22.7. The summed E-state index contributed by atoms with van der Waals surface area (Å²) < 4.78 is 5.80. The normalized spacial score (nSPS) is 10.7. The number of methoxy groups -OCH3 is 1. The summed E-state index contributed by atoms with van der Waals surface area (Å²) in [5.41, 5.74) is 1.71. The maximum atomic E-state index is 12.2. The van der Waals surface area contributed by atoms with Crippen molar-refractivity contribution in [2.45, 2.75) is 6.92 Å². The van der Waals surface area contributed by atoms with E-state index < -0.39 is 4.92 Å². The summed E-state index contributed by atoms with van der Waals surface area (Å²) in [5, 5.41) is 10.9. The standard InChI is InChI=1S/C17H14BrNO4/c1-11-3-4-12(9-15(11)19(21)22)5-7-16(20)13-6-8-17(23-2)14(18)10-13/h3-10H,1-2H3/b7-5+. The predicted octanol–water partition coefficient (Wildman–Crippen LogP) is 4.57. The first-order valence-corrected chi connectivity index (χ1v) is 7.52. The molecule has 0 bridgehead atoms. The van der Waals surface area contributed by atoms with E-state index in [9.17, 15) is 14.9 Å². The number of nitro benzene ring substituents is 1.